The van der Waals surface area contributed by atoms with Crippen LogP contribution >= 0.6 is 11.3 Å². The number of nitrogens with one attached hydrogen (secondary N) is 1. The number of aromatic nitrogens is 5. The molecular formula is C19H21N7OS. The number of hydrogen-bond acceptors (Lipinski definition) is 7. The molecule has 28 heavy (non-hydrogen) atoms. The summed E-state index contributed by atoms with van der Waals surface area (Å²) in [4.78, 5) is 23.6. The van der Waals surface area contributed by atoms with Crippen LogP contribution in [-0.2, 0) is 11.3 Å². The van der Waals surface area contributed by atoms with E-state index in [1.807, 2.05) is 34.5 Å². The Labute approximate surface area is 166 Å². The van der Waals surface area contributed by atoms with Crippen molar-refractivity contribution in [3.05, 3.63) is 42.2 Å². The first-order chi connectivity index (χ1) is 13.8. The highest BCUT2D eigenvalue weighted by atomic mass is 32.1. The van der Waals surface area contributed by atoms with Gasteiger partial charge in [-0.15, -0.1) is 16.4 Å². The van der Waals surface area contributed by atoms with Crippen molar-refractivity contribution in [2.75, 3.05) is 18.4 Å². The fourth-order valence-corrected chi connectivity index (χ4v) is 4.88. The molecule has 3 saturated heterocycles. The maximum absolute atomic E-state index is 12.7. The normalized spacial score (nSPS) is 26.3. The van der Waals surface area contributed by atoms with Crippen molar-refractivity contribution < 1.29 is 4.79 Å². The summed E-state index contributed by atoms with van der Waals surface area (Å²) in [5.74, 6) is 0.545. The van der Waals surface area contributed by atoms with Gasteiger partial charge in [-0.05, 0) is 37.4 Å². The Morgan fingerprint density at radius 2 is 2.21 bits per heavy atom. The van der Waals surface area contributed by atoms with Gasteiger partial charge in [-0.3, -0.25) is 19.4 Å². The summed E-state index contributed by atoms with van der Waals surface area (Å²) in [7, 11) is 0. The number of piperidine rings is 3. The van der Waals surface area contributed by atoms with Gasteiger partial charge in [0.05, 0.1) is 24.4 Å². The number of pyridine rings is 1. The highest BCUT2D eigenvalue weighted by Gasteiger charge is 2.43. The van der Waals surface area contributed by atoms with Crippen molar-refractivity contribution in [3.8, 4) is 11.4 Å². The van der Waals surface area contributed by atoms with E-state index in [-0.39, 0.29) is 11.8 Å². The maximum Gasteiger partial charge on any atom is 0.230 e. The van der Waals surface area contributed by atoms with Crippen molar-refractivity contribution in [2.24, 2.45) is 11.8 Å². The summed E-state index contributed by atoms with van der Waals surface area (Å²) in [6.07, 6.45) is 7.51. The Morgan fingerprint density at radius 3 is 2.96 bits per heavy atom. The lowest BCUT2D eigenvalue weighted by molar-refractivity contribution is -0.127. The first-order valence-corrected chi connectivity index (χ1v) is 10.4. The van der Waals surface area contributed by atoms with Crippen LogP contribution in [0.2, 0.25) is 0 Å². The van der Waals surface area contributed by atoms with E-state index < -0.39 is 0 Å². The molecule has 0 saturated carbocycles. The molecule has 3 aliphatic rings. The van der Waals surface area contributed by atoms with Gasteiger partial charge in [0, 0.05) is 30.4 Å². The molecule has 0 spiro atoms. The number of amides is 1. The van der Waals surface area contributed by atoms with E-state index in [1.165, 1.54) is 11.3 Å². The molecule has 0 radical (unpaired) electrons. The average Bonchev–Trinajstić information content (AvgIpc) is 3.41. The second-order valence-corrected chi connectivity index (χ2v) is 8.30. The second kappa shape index (κ2) is 7.40. The number of fused-ring (bicyclic) bond motifs is 3. The molecule has 8 nitrogen and oxygen atoms in total. The zero-order chi connectivity index (χ0) is 18.9. The Hall–Kier alpha value is -2.65. The number of thiazole rings is 1. The number of rotatable bonds is 5. The number of carbonyl (C=O) groups is 1. The summed E-state index contributed by atoms with van der Waals surface area (Å²) in [6, 6.07) is 6.16. The molecule has 1 N–H and O–H groups in total. The van der Waals surface area contributed by atoms with Gasteiger partial charge in [-0.25, -0.2) is 4.98 Å². The van der Waals surface area contributed by atoms with Gasteiger partial charge in [-0.1, -0.05) is 11.3 Å². The van der Waals surface area contributed by atoms with Gasteiger partial charge in [0.1, 0.15) is 5.69 Å². The zero-order valence-electron chi connectivity index (χ0n) is 15.3. The topological polar surface area (TPSA) is 88.8 Å². The van der Waals surface area contributed by atoms with Gasteiger partial charge in [0.2, 0.25) is 5.91 Å². The first-order valence-electron chi connectivity index (χ1n) is 9.52. The zero-order valence-corrected chi connectivity index (χ0v) is 16.1. The number of nitrogens with zero attached hydrogens (tertiary/aromatic N) is 6. The van der Waals surface area contributed by atoms with Crippen molar-refractivity contribution in [1.82, 2.24) is 29.9 Å². The van der Waals surface area contributed by atoms with Crippen molar-refractivity contribution in [1.29, 1.82) is 0 Å². The van der Waals surface area contributed by atoms with E-state index in [0.717, 1.165) is 43.9 Å². The molecule has 9 heteroatoms. The SMILES string of the molecule is O=C(Nc1nccs1)C1CN2CCC1CC2Cn1cc(-c2ccccn2)nn1. The van der Waals surface area contributed by atoms with Gasteiger partial charge in [0.15, 0.2) is 5.13 Å². The lowest BCUT2D eigenvalue weighted by atomic mass is 9.75. The monoisotopic (exact) mass is 395 g/mol. The number of hydrogen-bond donors (Lipinski definition) is 1. The third-order valence-electron chi connectivity index (χ3n) is 5.74. The molecule has 144 valence electrons. The van der Waals surface area contributed by atoms with Crippen LogP contribution in [0.15, 0.2) is 42.2 Å². The molecule has 6 rings (SSSR count). The highest BCUT2D eigenvalue weighted by Crippen LogP contribution is 2.37. The average molecular weight is 395 g/mol. The molecule has 4 unspecified atom stereocenters. The summed E-state index contributed by atoms with van der Waals surface area (Å²) in [6.45, 7) is 2.63. The van der Waals surface area contributed by atoms with E-state index in [9.17, 15) is 4.79 Å². The van der Waals surface area contributed by atoms with Gasteiger partial charge >= 0.3 is 0 Å². The predicted octanol–water partition coefficient (Wildman–Crippen LogP) is 2.15. The van der Waals surface area contributed by atoms with Crippen LogP contribution in [-0.4, -0.2) is 54.9 Å². The molecule has 4 atom stereocenters. The molecule has 2 bridgehead atoms. The molecule has 3 fully saturated rings. The van der Waals surface area contributed by atoms with Crippen LogP contribution in [0.5, 0.6) is 0 Å². The standard InChI is InChI=1S/C19H21N7OS/c27-18(22-19-21-6-8-28-19)15-11-25-7-4-13(15)9-14(25)10-26-12-17(23-24-26)16-3-1-2-5-20-16/h1-3,5-6,8,12-15H,4,7,9-11H2,(H,21,22,27). The van der Waals surface area contributed by atoms with E-state index in [4.69, 9.17) is 0 Å². The molecule has 3 aliphatic heterocycles. The van der Waals surface area contributed by atoms with Crippen LogP contribution in [0.3, 0.4) is 0 Å². The molecular weight excluding hydrogens is 374 g/mol. The van der Waals surface area contributed by atoms with E-state index in [2.05, 4.69) is 30.5 Å². The summed E-state index contributed by atoms with van der Waals surface area (Å²) < 4.78 is 1.90. The Morgan fingerprint density at radius 1 is 1.25 bits per heavy atom. The Kier molecular flexibility index (Phi) is 4.61. The molecule has 0 aliphatic carbocycles. The Balaban J connectivity index is 1.23. The molecule has 3 aromatic heterocycles. The van der Waals surface area contributed by atoms with Crippen LogP contribution in [0.4, 0.5) is 5.13 Å². The fourth-order valence-electron chi connectivity index (χ4n) is 4.34. The minimum absolute atomic E-state index is 0.0359. The van der Waals surface area contributed by atoms with E-state index in [1.54, 1.807) is 12.4 Å². The minimum Gasteiger partial charge on any atom is -0.302 e. The fraction of sp³-hybridized carbons (Fsp3) is 0.421. The van der Waals surface area contributed by atoms with Crippen LogP contribution in [0.1, 0.15) is 12.8 Å². The van der Waals surface area contributed by atoms with E-state index in [0.29, 0.717) is 17.1 Å². The summed E-state index contributed by atoms with van der Waals surface area (Å²) in [5.41, 5.74) is 1.62. The second-order valence-electron chi connectivity index (χ2n) is 7.41. The minimum atomic E-state index is 0.0359. The third-order valence-corrected chi connectivity index (χ3v) is 6.43. The van der Waals surface area contributed by atoms with Crippen LogP contribution in [0.25, 0.3) is 11.4 Å². The third kappa shape index (κ3) is 3.43. The number of carbonyl (C=O) groups excluding carboxylic acids is 1. The summed E-state index contributed by atoms with van der Waals surface area (Å²) in [5, 5.41) is 14.1. The lowest BCUT2D eigenvalue weighted by Gasteiger charge is -2.49. The van der Waals surface area contributed by atoms with Gasteiger partial charge < -0.3 is 5.32 Å². The molecule has 6 heterocycles. The number of anilines is 1. The van der Waals surface area contributed by atoms with E-state index >= 15 is 0 Å². The molecule has 3 aromatic rings. The quantitative estimate of drug-likeness (QED) is 0.712. The molecule has 0 aromatic carbocycles. The summed E-state index contributed by atoms with van der Waals surface area (Å²) >= 11 is 1.46. The largest absolute Gasteiger partial charge is 0.302 e. The molecule has 1 amide bonds. The van der Waals surface area contributed by atoms with Crippen molar-refractivity contribution >= 4 is 22.4 Å². The Bertz CT molecular complexity index is 942. The van der Waals surface area contributed by atoms with Gasteiger partial charge in [-0.2, -0.15) is 0 Å². The first kappa shape index (κ1) is 17.4. The van der Waals surface area contributed by atoms with Crippen molar-refractivity contribution in [2.45, 2.75) is 25.4 Å². The predicted molar refractivity (Wildman–Crippen MR) is 106 cm³/mol. The van der Waals surface area contributed by atoms with Crippen LogP contribution < -0.4 is 5.32 Å². The van der Waals surface area contributed by atoms with Crippen LogP contribution in [0, 0.1) is 11.8 Å². The lowest BCUT2D eigenvalue weighted by Crippen LogP contribution is -2.57. The highest BCUT2D eigenvalue weighted by molar-refractivity contribution is 7.13. The smallest absolute Gasteiger partial charge is 0.230 e. The van der Waals surface area contributed by atoms with Gasteiger partial charge in [0.25, 0.3) is 0 Å². The maximum atomic E-state index is 12.7. The van der Waals surface area contributed by atoms with Crippen molar-refractivity contribution in [3.63, 3.8) is 0 Å².